The molecule has 0 aliphatic rings. The first kappa shape index (κ1) is 14.0. The van der Waals surface area contributed by atoms with Crippen LogP contribution in [0.5, 0.6) is 0 Å². The van der Waals surface area contributed by atoms with E-state index in [-0.39, 0.29) is 12.5 Å². The molecule has 0 aliphatic heterocycles. The van der Waals surface area contributed by atoms with Crippen molar-refractivity contribution < 1.29 is 9.59 Å². The Labute approximate surface area is 106 Å². The monoisotopic (exact) mass is 250 g/mol. The highest BCUT2D eigenvalue weighted by Gasteiger charge is 2.06. The Balaban J connectivity index is 2.42. The number of urea groups is 1. The molecule has 0 spiro atoms. The first-order valence-corrected chi connectivity index (χ1v) is 5.57. The van der Waals surface area contributed by atoms with Crippen molar-refractivity contribution in [3.8, 4) is 0 Å². The molecule has 0 bridgehead atoms. The van der Waals surface area contributed by atoms with Gasteiger partial charge in [0.25, 0.3) is 0 Å². The second kappa shape index (κ2) is 6.61. The zero-order chi connectivity index (χ0) is 13.5. The van der Waals surface area contributed by atoms with Crippen molar-refractivity contribution in [2.75, 3.05) is 26.0 Å². The molecule has 6 heteroatoms. The minimum absolute atomic E-state index is 0.0281. The van der Waals surface area contributed by atoms with Gasteiger partial charge in [0.2, 0.25) is 5.91 Å². The van der Waals surface area contributed by atoms with Crippen LogP contribution < -0.4 is 16.4 Å². The molecule has 3 amide bonds. The lowest BCUT2D eigenvalue weighted by atomic mass is 10.2. The van der Waals surface area contributed by atoms with Gasteiger partial charge in [0, 0.05) is 26.3 Å². The van der Waals surface area contributed by atoms with E-state index in [9.17, 15) is 9.59 Å². The predicted octanol–water partition coefficient (Wildman–Crippen LogP) is 0.355. The number of anilines is 1. The SMILES string of the molecule is CN(C)C(=O)CNC(=O)Nc1ccc(CN)cc1. The van der Waals surface area contributed by atoms with Gasteiger partial charge in [0.1, 0.15) is 0 Å². The lowest BCUT2D eigenvalue weighted by molar-refractivity contribution is -0.127. The number of hydrogen-bond acceptors (Lipinski definition) is 3. The van der Waals surface area contributed by atoms with Gasteiger partial charge < -0.3 is 21.3 Å². The minimum atomic E-state index is -0.411. The third kappa shape index (κ3) is 4.42. The van der Waals surface area contributed by atoms with Gasteiger partial charge in [-0.2, -0.15) is 0 Å². The quantitative estimate of drug-likeness (QED) is 0.720. The van der Waals surface area contributed by atoms with Gasteiger partial charge in [-0.05, 0) is 17.7 Å². The summed E-state index contributed by atoms with van der Waals surface area (Å²) < 4.78 is 0. The number of nitrogens with one attached hydrogen (secondary N) is 2. The Hall–Kier alpha value is -2.08. The molecule has 0 heterocycles. The van der Waals surface area contributed by atoms with E-state index in [1.54, 1.807) is 26.2 Å². The summed E-state index contributed by atoms with van der Waals surface area (Å²) in [5.41, 5.74) is 7.11. The van der Waals surface area contributed by atoms with Crippen LogP contribution in [0.2, 0.25) is 0 Å². The highest BCUT2D eigenvalue weighted by molar-refractivity contribution is 5.92. The average molecular weight is 250 g/mol. The summed E-state index contributed by atoms with van der Waals surface area (Å²) >= 11 is 0. The fourth-order valence-electron chi connectivity index (χ4n) is 1.21. The Kier molecular flexibility index (Phi) is 5.13. The Morgan fingerprint density at radius 3 is 2.33 bits per heavy atom. The van der Waals surface area contributed by atoms with E-state index in [0.717, 1.165) is 5.56 Å². The van der Waals surface area contributed by atoms with Crippen molar-refractivity contribution in [1.29, 1.82) is 0 Å². The second-order valence-corrected chi connectivity index (χ2v) is 4.00. The predicted molar refractivity (Wildman–Crippen MR) is 70.0 cm³/mol. The molecule has 0 radical (unpaired) electrons. The largest absolute Gasteiger partial charge is 0.347 e. The van der Waals surface area contributed by atoms with Gasteiger partial charge in [0.15, 0.2) is 0 Å². The Morgan fingerprint density at radius 2 is 1.83 bits per heavy atom. The normalized spacial score (nSPS) is 9.72. The molecule has 1 rings (SSSR count). The summed E-state index contributed by atoms with van der Waals surface area (Å²) in [4.78, 5) is 24.1. The number of hydrogen-bond donors (Lipinski definition) is 3. The minimum Gasteiger partial charge on any atom is -0.347 e. The molecular formula is C12H18N4O2. The second-order valence-electron chi connectivity index (χ2n) is 4.00. The number of rotatable bonds is 4. The van der Waals surface area contributed by atoms with Crippen LogP contribution in [0, 0.1) is 0 Å². The lowest BCUT2D eigenvalue weighted by Gasteiger charge is -2.11. The summed E-state index contributed by atoms with van der Waals surface area (Å²) in [6.45, 7) is 0.434. The van der Waals surface area contributed by atoms with E-state index in [1.165, 1.54) is 4.90 Å². The molecule has 0 fully saturated rings. The van der Waals surface area contributed by atoms with Gasteiger partial charge in [-0.15, -0.1) is 0 Å². The Morgan fingerprint density at radius 1 is 1.22 bits per heavy atom. The van der Waals surface area contributed by atoms with Crippen LogP contribution in [-0.2, 0) is 11.3 Å². The highest BCUT2D eigenvalue weighted by Crippen LogP contribution is 2.08. The van der Waals surface area contributed by atoms with Crippen LogP contribution in [0.4, 0.5) is 10.5 Å². The van der Waals surface area contributed by atoms with E-state index in [1.807, 2.05) is 12.1 Å². The zero-order valence-corrected chi connectivity index (χ0v) is 10.6. The number of carbonyl (C=O) groups excluding carboxylic acids is 2. The van der Waals surface area contributed by atoms with Crippen molar-refractivity contribution in [3.05, 3.63) is 29.8 Å². The van der Waals surface area contributed by atoms with Crippen molar-refractivity contribution in [2.24, 2.45) is 5.73 Å². The summed E-state index contributed by atoms with van der Waals surface area (Å²) in [5.74, 6) is -0.163. The summed E-state index contributed by atoms with van der Waals surface area (Å²) in [5, 5.41) is 5.10. The van der Waals surface area contributed by atoms with Crippen LogP contribution in [0.3, 0.4) is 0 Å². The number of amides is 3. The summed E-state index contributed by atoms with van der Waals surface area (Å²) in [6, 6.07) is 6.78. The fraction of sp³-hybridized carbons (Fsp3) is 0.333. The molecule has 0 unspecified atom stereocenters. The topological polar surface area (TPSA) is 87.5 Å². The fourth-order valence-corrected chi connectivity index (χ4v) is 1.21. The molecule has 0 aliphatic carbocycles. The molecule has 0 saturated heterocycles. The molecule has 1 aromatic rings. The zero-order valence-electron chi connectivity index (χ0n) is 10.6. The highest BCUT2D eigenvalue weighted by atomic mass is 16.2. The molecule has 0 saturated carbocycles. The van der Waals surface area contributed by atoms with E-state index in [0.29, 0.717) is 12.2 Å². The summed E-state index contributed by atoms with van der Waals surface area (Å²) in [7, 11) is 3.26. The molecule has 6 nitrogen and oxygen atoms in total. The van der Waals surface area contributed by atoms with Crippen molar-refractivity contribution in [3.63, 3.8) is 0 Å². The van der Waals surface area contributed by atoms with E-state index in [2.05, 4.69) is 10.6 Å². The third-order valence-electron chi connectivity index (χ3n) is 2.35. The number of nitrogens with two attached hydrogens (primary N) is 1. The Bertz CT molecular complexity index is 415. The first-order chi connectivity index (χ1) is 8.52. The van der Waals surface area contributed by atoms with Gasteiger partial charge in [0.05, 0.1) is 6.54 Å². The van der Waals surface area contributed by atoms with Crippen LogP contribution in [-0.4, -0.2) is 37.5 Å². The van der Waals surface area contributed by atoms with Crippen molar-refractivity contribution in [2.45, 2.75) is 6.54 Å². The van der Waals surface area contributed by atoms with Gasteiger partial charge >= 0.3 is 6.03 Å². The van der Waals surface area contributed by atoms with Gasteiger partial charge in [-0.1, -0.05) is 12.1 Å². The lowest BCUT2D eigenvalue weighted by Crippen LogP contribution is -2.38. The molecule has 1 aromatic carbocycles. The van der Waals surface area contributed by atoms with Crippen LogP contribution in [0.15, 0.2) is 24.3 Å². The van der Waals surface area contributed by atoms with Gasteiger partial charge in [-0.25, -0.2) is 4.79 Å². The van der Waals surface area contributed by atoms with Crippen LogP contribution >= 0.6 is 0 Å². The van der Waals surface area contributed by atoms with E-state index in [4.69, 9.17) is 5.73 Å². The number of likely N-dealkylation sites (N-methyl/N-ethyl adjacent to an activating group) is 1. The summed E-state index contributed by atoms with van der Waals surface area (Å²) in [6.07, 6.45) is 0. The van der Waals surface area contributed by atoms with Crippen LogP contribution in [0.25, 0.3) is 0 Å². The first-order valence-electron chi connectivity index (χ1n) is 5.57. The molecule has 0 atom stereocenters. The molecule has 98 valence electrons. The van der Waals surface area contributed by atoms with E-state index < -0.39 is 6.03 Å². The smallest absolute Gasteiger partial charge is 0.319 e. The molecule has 4 N–H and O–H groups in total. The van der Waals surface area contributed by atoms with E-state index >= 15 is 0 Å². The standard InChI is InChI=1S/C12H18N4O2/c1-16(2)11(17)8-14-12(18)15-10-5-3-9(7-13)4-6-10/h3-6H,7-8,13H2,1-2H3,(H2,14,15,18). The maximum Gasteiger partial charge on any atom is 0.319 e. The van der Waals surface area contributed by atoms with Crippen molar-refractivity contribution in [1.82, 2.24) is 10.2 Å². The number of nitrogens with zero attached hydrogens (tertiary/aromatic N) is 1. The van der Waals surface area contributed by atoms with Gasteiger partial charge in [-0.3, -0.25) is 4.79 Å². The molecule has 0 aromatic heterocycles. The van der Waals surface area contributed by atoms with Crippen molar-refractivity contribution >= 4 is 17.6 Å². The maximum atomic E-state index is 11.5. The maximum absolute atomic E-state index is 11.5. The number of carbonyl (C=O) groups is 2. The third-order valence-corrected chi connectivity index (χ3v) is 2.35. The molecular weight excluding hydrogens is 232 g/mol. The molecule has 18 heavy (non-hydrogen) atoms. The van der Waals surface area contributed by atoms with Crippen LogP contribution in [0.1, 0.15) is 5.56 Å². The number of benzene rings is 1. The average Bonchev–Trinajstić information content (AvgIpc) is 2.36.